The maximum atomic E-state index is 12.4. The van der Waals surface area contributed by atoms with E-state index in [9.17, 15) is 14.7 Å². The van der Waals surface area contributed by atoms with Gasteiger partial charge in [0.05, 0.1) is 25.2 Å². The molecule has 0 bridgehead atoms. The van der Waals surface area contributed by atoms with Gasteiger partial charge >= 0.3 is 0 Å². The van der Waals surface area contributed by atoms with Gasteiger partial charge in [0.1, 0.15) is 12.4 Å². The van der Waals surface area contributed by atoms with Crippen molar-refractivity contribution in [1.29, 1.82) is 0 Å². The number of carbonyl (C=O) groups excluding carboxylic acids is 2. The average molecular weight is 441 g/mol. The first-order chi connectivity index (χ1) is 15.5. The van der Waals surface area contributed by atoms with Crippen molar-refractivity contribution in [2.24, 2.45) is 5.92 Å². The molecule has 0 saturated carbocycles. The summed E-state index contributed by atoms with van der Waals surface area (Å²) in [5.41, 5.74) is 2.03. The number of hydrogen-bond donors (Lipinski definition) is 4. The molecule has 7 heteroatoms. The molecule has 2 aromatic carbocycles. The van der Waals surface area contributed by atoms with Crippen LogP contribution in [0, 0.1) is 5.92 Å². The van der Waals surface area contributed by atoms with Crippen LogP contribution in [-0.4, -0.2) is 47.8 Å². The minimum atomic E-state index is -0.570. The van der Waals surface area contributed by atoms with E-state index in [-0.39, 0.29) is 38.0 Å². The Balaban J connectivity index is 1.85. The zero-order valence-corrected chi connectivity index (χ0v) is 18.2. The van der Waals surface area contributed by atoms with Crippen LogP contribution in [-0.2, 0) is 22.6 Å². The van der Waals surface area contributed by atoms with E-state index < -0.39 is 12.0 Å². The Bertz CT molecular complexity index is 839. The Kier molecular flexibility index (Phi) is 11.0. The molecular weight excluding hydrogens is 408 g/mol. The van der Waals surface area contributed by atoms with Crippen LogP contribution in [0.15, 0.2) is 67.3 Å². The van der Waals surface area contributed by atoms with E-state index in [4.69, 9.17) is 9.84 Å². The van der Waals surface area contributed by atoms with Gasteiger partial charge in [-0.2, -0.15) is 0 Å². The van der Waals surface area contributed by atoms with E-state index in [1.807, 2.05) is 54.6 Å². The molecule has 0 aliphatic carbocycles. The number of rotatable bonds is 14. The lowest BCUT2D eigenvalue weighted by Gasteiger charge is -2.19. The minimum Gasteiger partial charge on any atom is -0.489 e. The van der Waals surface area contributed by atoms with E-state index in [1.54, 1.807) is 6.08 Å². The van der Waals surface area contributed by atoms with Gasteiger partial charge in [0.15, 0.2) is 0 Å². The zero-order valence-electron chi connectivity index (χ0n) is 18.2. The van der Waals surface area contributed by atoms with Gasteiger partial charge in [0.2, 0.25) is 11.8 Å². The van der Waals surface area contributed by atoms with Gasteiger partial charge in [-0.25, -0.2) is 0 Å². The molecule has 0 spiro atoms. The molecule has 7 nitrogen and oxygen atoms in total. The van der Waals surface area contributed by atoms with E-state index in [2.05, 4.69) is 17.2 Å². The highest BCUT2D eigenvalue weighted by Crippen LogP contribution is 2.16. The quantitative estimate of drug-likeness (QED) is 0.336. The number of aliphatic hydroxyl groups is 2. The summed E-state index contributed by atoms with van der Waals surface area (Å²) in [7, 11) is 0. The van der Waals surface area contributed by atoms with E-state index in [1.165, 1.54) is 0 Å². The Morgan fingerprint density at radius 1 is 1.03 bits per heavy atom. The number of allylic oxidation sites excluding steroid dienone is 1. The molecule has 0 fully saturated rings. The SMILES string of the molecule is C=CCC(CC(=O)NC(CO)Cc1ccc(OCc2ccccc2)cc1)C(=O)NCCO. The molecule has 2 atom stereocenters. The molecule has 0 aliphatic heterocycles. The normalized spacial score (nSPS) is 12.4. The highest BCUT2D eigenvalue weighted by Gasteiger charge is 2.22. The topological polar surface area (TPSA) is 108 Å². The Morgan fingerprint density at radius 2 is 1.75 bits per heavy atom. The smallest absolute Gasteiger partial charge is 0.224 e. The summed E-state index contributed by atoms with van der Waals surface area (Å²) >= 11 is 0. The molecule has 0 aromatic heterocycles. The van der Waals surface area contributed by atoms with Crippen LogP contribution < -0.4 is 15.4 Å². The first kappa shape index (κ1) is 25.1. The highest BCUT2D eigenvalue weighted by atomic mass is 16.5. The van der Waals surface area contributed by atoms with Crippen LogP contribution in [0.2, 0.25) is 0 Å². The monoisotopic (exact) mass is 440 g/mol. The minimum absolute atomic E-state index is 0.0218. The predicted molar refractivity (Wildman–Crippen MR) is 123 cm³/mol. The van der Waals surface area contributed by atoms with E-state index >= 15 is 0 Å². The molecule has 2 amide bonds. The molecule has 0 saturated heterocycles. The Labute approximate surface area is 189 Å². The van der Waals surface area contributed by atoms with Crippen LogP contribution in [0.5, 0.6) is 5.75 Å². The third kappa shape index (κ3) is 8.91. The van der Waals surface area contributed by atoms with Gasteiger partial charge in [-0.05, 0) is 36.1 Å². The summed E-state index contributed by atoms with van der Waals surface area (Å²) in [6.45, 7) is 3.86. The van der Waals surface area contributed by atoms with E-state index in [0.29, 0.717) is 19.4 Å². The molecule has 0 radical (unpaired) electrons. The highest BCUT2D eigenvalue weighted by molar-refractivity contribution is 5.86. The van der Waals surface area contributed by atoms with Crippen LogP contribution >= 0.6 is 0 Å². The fourth-order valence-corrected chi connectivity index (χ4v) is 3.23. The first-order valence-electron chi connectivity index (χ1n) is 10.7. The molecule has 2 aromatic rings. The Morgan fingerprint density at radius 3 is 2.38 bits per heavy atom. The van der Waals surface area contributed by atoms with Crippen LogP contribution in [0.1, 0.15) is 24.0 Å². The lowest BCUT2D eigenvalue weighted by Crippen LogP contribution is -2.42. The van der Waals surface area contributed by atoms with Crippen LogP contribution in [0.3, 0.4) is 0 Å². The lowest BCUT2D eigenvalue weighted by atomic mass is 9.99. The van der Waals surface area contributed by atoms with Crippen LogP contribution in [0.25, 0.3) is 0 Å². The molecule has 0 aliphatic rings. The maximum absolute atomic E-state index is 12.4. The second-order valence-corrected chi connectivity index (χ2v) is 7.51. The fourth-order valence-electron chi connectivity index (χ4n) is 3.23. The summed E-state index contributed by atoms with van der Waals surface area (Å²) in [5.74, 6) is -0.457. The molecule has 172 valence electrons. The number of carbonyl (C=O) groups is 2. The predicted octanol–water partition coefficient (Wildman–Crippen LogP) is 1.98. The summed E-state index contributed by atoms with van der Waals surface area (Å²) < 4.78 is 5.78. The molecule has 32 heavy (non-hydrogen) atoms. The second-order valence-electron chi connectivity index (χ2n) is 7.51. The van der Waals surface area contributed by atoms with Gasteiger partial charge in [-0.3, -0.25) is 9.59 Å². The third-order valence-electron chi connectivity index (χ3n) is 4.90. The second kappa shape index (κ2) is 14.0. The van der Waals surface area contributed by atoms with Gasteiger partial charge in [0, 0.05) is 13.0 Å². The molecule has 0 heterocycles. The fraction of sp³-hybridized carbons (Fsp3) is 0.360. The third-order valence-corrected chi connectivity index (χ3v) is 4.90. The van der Waals surface area contributed by atoms with Crippen molar-refractivity contribution >= 4 is 11.8 Å². The summed E-state index contributed by atoms with van der Waals surface area (Å²) in [4.78, 5) is 24.6. The zero-order chi connectivity index (χ0) is 23.2. The van der Waals surface area contributed by atoms with Crippen molar-refractivity contribution in [2.75, 3.05) is 19.8 Å². The number of hydrogen-bond acceptors (Lipinski definition) is 5. The van der Waals surface area contributed by atoms with Gasteiger partial charge < -0.3 is 25.6 Å². The largest absolute Gasteiger partial charge is 0.489 e. The summed E-state index contributed by atoms with van der Waals surface area (Å²) in [6, 6.07) is 16.9. The number of amides is 2. The molecule has 2 unspecified atom stereocenters. The molecular formula is C25H32N2O5. The van der Waals surface area contributed by atoms with Crippen molar-refractivity contribution in [1.82, 2.24) is 10.6 Å². The van der Waals surface area contributed by atoms with Gasteiger partial charge in [-0.15, -0.1) is 6.58 Å². The van der Waals surface area contributed by atoms with Gasteiger partial charge in [-0.1, -0.05) is 48.5 Å². The first-order valence-corrected chi connectivity index (χ1v) is 10.7. The summed E-state index contributed by atoms with van der Waals surface area (Å²) in [6.07, 6.45) is 2.36. The van der Waals surface area contributed by atoms with Crippen LogP contribution in [0.4, 0.5) is 0 Å². The number of ether oxygens (including phenoxy) is 1. The summed E-state index contributed by atoms with van der Waals surface area (Å²) in [5, 5.41) is 23.9. The number of aliphatic hydroxyl groups excluding tert-OH is 2. The lowest BCUT2D eigenvalue weighted by molar-refractivity contribution is -0.130. The van der Waals surface area contributed by atoms with Crippen molar-refractivity contribution in [3.05, 3.63) is 78.4 Å². The van der Waals surface area contributed by atoms with Crippen molar-refractivity contribution in [3.63, 3.8) is 0 Å². The number of nitrogens with one attached hydrogen (secondary N) is 2. The van der Waals surface area contributed by atoms with Gasteiger partial charge in [0.25, 0.3) is 0 Å². The maximum Gasteiger partial charge on any atom is 0.224 e. The van der Waals surface area contributed by atoms with E-state index in [0.717, 1.165) is 16.9 Å². The van der Waals surface area contributed by atoms with Crippen molar-refractivity contribution in [3.8, 4) is 5.75 Å². The molecule has 2 rings (SSSR count). The van der Waals surface area contributed by atoms with Crippen molar-refractivity contribution < 1.29 is 24.5 Å². The number of benzene rings is 2. The average Bonchev–Trinajstić information content (AvgIpc) is 2.82. The van der Waals surface area contributed by atoms with Crippen molar-refractivity contribution in [2.45, 2.75) is 31.9 Å². The standard InChI is InChI=1S/C25H32N2O5/c1-2-6-21(25(31)26-13-14-28)16-24(30)27-22(17-29)15-19-9-11-23(12-10-19)32-18-20-7-4-3-5-8-20/h2-5,7-12,21-22,28-29H,1,6,13-18H2,(H,26,31)(H,27,30). The Hall–Kier alpha value is -3.16. The molecule has 4 N–H and O–H groups in total.